The van der Waals surface area contributed by atoms with Gasteiger partial charge >= 0.3 is 0 Å². The van der Waals surface area contributed by atoms with Crippen molar-refractivity contribution < 1.29 is 9.53 Å². The maximum absolute atomic E-state index is 12.5. The molecule has 2 aromatic carbocycles. The Labute approximate surface area is 164 Å². The average molecular weight is 375 g/mol. The fourth-order valence-electron chi connectivity index (χ4n) is 3.68. The zero-order valence-electron chi connectivity index (χ0n) is 16.1. The number of aryl methyl sites for hydroxylation is 2. The van der Waals surface area contributed by atoms with Crippen LogP contribution in [0.3, 0.4) is 0 Å². The van der Waals surface area contributed by atoms with Gasteiger partial charge in [-0.3, -0.25) is 4.79 Å². The molecule has 1 aromatic heterocycles. The van der Waals surface area contributed by atoms with E-state index in [0.717, 1.165) is 41.5 Å². The van der Waals surface area contributed by atoms with E-state index in [9.17, 15) is 4.79 Å². The van der Waals surface area contributed by atoms with Gasteiger partial charge in [-0.25, -0.2) is 5.43 Å². The van der Waals surface area contributed by atoms with Crippen molar-refractivity contribution >= 4 is 23.0 Å². The number of nitrogens with zero attached hydrogens (tertiary/aromatic N) is 1. The number of rotatable bonds is 6. The Kier molecular flexibility index (Phi) is 5.42. The van der Waals surface area contributed by atoms with Crippen LogP contribution in [0.2, 0.25) is 0 Å². The highest BCUT2D eigenvalue weighted by atomic mass is 16.5. The summed E-state index contributed by atoms with van der Waals surface area (Å²) in [6.45, 7) is 2.75. The molecular weight excluding hydrogens is 350 g/mol. The Balaban J connectivity index is 1.46. The Morgan fingerprint density at radius 1 is 1.21 bits per heavy atom. The molecule has 5 heteroatoms. The molecule has 144 valence electrons. The molecule has 4 rings (SSSR count). The molecule has 0 saturated carbocycles. The van der Waals surface area contributed by atoms with Gasteiger partial charge in [0.05, 0.1) is 12.8 Å². The molecule has 5 nitrogen and oxygen atoms in total. The number of hydrazone groups is 1. The summed E-state index contributed by atoms with van der Waals surface area (Å²) < 4.78 is 5.62. The third kappa shape index (κ3) is 3.93. The van der Waals surface area contributed by atoms with E-state index >= 15 is 0 Å². The lowest BCUT2D eigenvalue weighted by Crippen LogP contribution is -2.17. The van der Waals surface area contributed by atoms with E-state index in [1.165, 1.54) is 24.1 Å². The molecule has 0 fully saturated rings. The van der Waals surface area contributed by atoms with E-state index in [0.29, 0.717) is 12.2 Å². The van der Waals surface area contributed by atoms with Gasteiger partial charge in [0.2, 0.25) is 0 Å². The molecule has 0 aliphatic heterocycles. The molecule has 0 radical (unpaired) electrons. The van der Waals surface area contributed by atoms with Gasteiger partial charge in [-0.15, -0.1) is 0 Å². The number of fused-ring (bicyclic) bond motifs is 3. The highest BCUT2D eigenvalue weighted by Gasteiger charge is 2.16. The normalized spacial score (nSPS) is 13.6. The van der Waals surface area contributed by atoms with Crippen LogP contribution in [0.1, 0.15) is 53.4 Å². The molecule has 1 aliphatic carbocycles. The van der Waals surface area contributed by atoms with Gasteiger partial charge in [0, 0.05) is 22.2 Å². The van der Waals surface area contributed by atoms with Crippen molar-refractivity contribution in [2.24, 2.45) is 5.10 Å². The number of ether oxygens (including phenoxy) is 1. The van der Waals surface area contributed by atoms with Gasteiger partial charge in [0.15, 0.2) is 0 Å². The zero-order valence-corrected chi connectivity index (χ0v) is 16.1. The van der Waals surface area contributed by atoms with Crippen LogP contribution in [0.5, 0.6) is 5.75 Å². The van der Waals surface area contributed by atoms with E-state index < -0.39 is 0 Å². The number of hydrogen-bond acceptors (Lipinski definition) is 3. The number of aromatic nitrogens is 1. The van der Waals surface area contributed by atoms with Crippen molar-refractivity contribution in [2.75, 3.05) is 6.61 Å². The maximum Gasteiger partial charge on any atom is 0.271 e. The lowest BCUT2D eigenvalue weighted by molar-refractivity contribution is 0.0955. The first-order chi connectivity index (χ1) is 13.7. The molecule has 0 spiro atoms. The van der Waals surface area contributed by atoms with E-state index in [2.05, 4.69) is 22.4 Å². The summed E-state index contributed by atoms with van der Waals surface area (Å²) in [5.41, 5.74) is 7.92. The number of carbonyl (C=O) groups is 1. The summed E-state index contributed by atoms with van der Waals surface area (Å²) >= 11 is 0. The summed E-state index contributed by atoms with van der Waals surface area (Å²) in [5, 5.41) is 5.27. The Morgan fingerprint density at radius 3 is 3.00 bits per heavy atom. The topological polar surface area (TPSA) is 66.5 Å². The lowest BCUT2D eigenvalue weighted by Gasteiger charge is -2.10. The van der Waals surface area contributed by atoms with Crippen molar-refractivity contribution in [1.29, 1.82) is 0 Å². The number of amides is 1. The predicted octanol–water partition coefficient (Wildman–Crippen LogP) is 4.60. The number of H-pyrrole nitrogens is 1. The summed E-state index contributed by atoms with van der Waals surface area (Å²) in [6, 6.07) is 13.5. The molecule has 0 saturated heterocycles. The van der Waals surface area contributed by atoms with Gasteiger partial charge in [-0.2, -0.15) is 5.10 Å². The standard InChI is InChI=1S/C23H25N3O2/c1-2-12-28-18-7-5-6-16(13-18)15-24-26-23(27)17-10-11-22-20(14-17)19-8-3-4-9-21(19)25-22/h5-7,10-11,13-15,25H,2-4,8-9,12H2,1H3,(H,26,27)/b24-15+. The van der Waals surface area contributed by atoms with Crippen LogP contribution in [-0.2, 0) is 12.8 Å². The first-order valence-electron chi connectivity index (χ1n) is 9.94. The molecule has 2 N–H and O–H groups in total. The Morgan fingerprint density at radius 2 is 2.11 bits per heavy atom. The van der Waals surface area contributed by atoms with Crippen molar-refractivity contribution in [2.45, 2.75) is 39.0 Å². The third-order valence-electron chi connectivity index (χ3n) is 5.07. The van der Waals surface area contributed by atoms with Crippen LogP contribution in [0.4, 0.5) is 0 Å². The molecule has 0 atom stereocenters. The molecule has 28 heavy (non-hydrogen) atoms. The fraction of sp³-hybridized carbons (Fsp3) is 0.304. The largest absolute Gasteiger partial charge is 0.494 e. The molecule has 0 unspecified atom stereocenters. The third-order valence-corrected chi connectivity index (χ3v) is 5.07. The number of nitrogens with one attached hydrogen (secondary N) is 2. The Bertz CT molecular complexity index is 1020. The lowest BCUT2D eigenvalue weighted by atomic mass is 9.95. The summed E-state index contributed by atoms with van der Waals surface area (Å²) in [7, 11) is 0. The summed E-state index contributed by atoms with van der Waals surface area (Å²) in [5.74, 6) is 0.599. The smallest absolute Gasteiger partial charge is 0.271 e. The highest BCUT2D eigenvalue weighted by molar-refractivity contribution is 5.99. The van der Waals surface area contributed by atoms with Gasteiger partial charge in [-0.1, -0.05) is 19.1 Å². The van der Waals surface area contributed by atoms with Crippen molar-refractivity contribution in [3.63, 3.8) is 0 Å². The van der Waals surface area contributed by atoms with Crippen LogP contribution >= 0.6 is 0 Å². The molecule has 0 bridgehead atoms. The van der Waals surface area contributed by atoms with Crippen molar-refractivity contribution in [3.8, 4) is 5.75 Å². The SMILES string of the molecule is CCCOc1cccc(/C=N/NC(=O)c2ccc3[nH]c4c(c3c2)CCCC4)c1. The first-order valence-corrected chi connectivity index (χ1v) is 9.94. The molecule has 1 amide bonds. The second kappa shape index (κ2) is 8.30. The number of benzene rings is 2. The summed E-state index contributed by atoms with van der Waals surface area (Å²) in [6.07, 6.45) is 7.20. The van der Waals surface area contributed by atoms with Crippen LogP contribution in [0, 0.1) is 0 Å². The van der Waals surface area contributed by atoms with Crippen LogP contribution in [-0.4, -0.2) is 23.7 Å². The second-order valence-corrected chi connectivity index (χ2v) is 7.17. The molecule has 3 aromatic rings. The van der Waals surface area contributed by atoms with Gasteiger partial charge in [0.25, 0.3) is 5.91 Å². The summed E-state index contributed by atoms with van der Waals surface area (Å²) in [4.78, 5) is 16.0. The van der Waals surface area contributed by atoms with Crippen LogP contribution in [0.25, 0.3) is 10.9 Å². The van der Waals surface area contributed by atoms with Crippen LogP contribution < -0.4 is 10.2 Å². The highest BCUT2D eigenvalue weighted by Crippen LogP contribution is 2.29. The molecular formula is C23H25N3O2. The van der Waals surface area contributed by atoms with Gasteiger partial charge in [-0.05, 0) is 73.6 Å². The van der Waals surface area contributed by atoms with Crippen molar-refractivity contribution in [1.82, 2.24) is 10.4 Å². The Hall–Kier alpha value is -3.08. The zero-order chi connectivity index (χ0) is 19.3. The van der Waals surface area contributed by atoms with Crippen molar-refractivity contribution in [3.05, 3.63) is 64.8 Å². The minimum Gasteiger partial charge on any atom is -0.494 e. The minimum absolute atomic E-state index is 0.206. The fourth-order valence-corrected chi connectivity index (χ4v) is 3.68. The monoisotopic (exact) mass is 375 g/mol. The van der Waals surface area contributed by atoms with E-state index in [1.807, 2.05) is 42.5 Å². The quantitative estimate of drug-likeness (QED) is 0.488. The first kappa shape index (κ1) is 18.3. The van der Waals surface area contributed by atoms with Gasteiger partial charge < -0.3 is 9.72 Å². The van der Waals surface area contributed by atoms with Crippen LogP contribution in [0.15, 0.2) is 47.6 Å². The number of hydrogen-bond donors (Lipinski definition) is 2. The predicted molar refractivity (Wildman–Crippen MR) is 112 cm³/mol. The second-order valence-electron chi connectivity index (χ2n) is 7.17. The maximum atomic E-state index is 12.5. The number of carbonyl (C=O) groups excluding carboxylic acids is 1. The molecule has 1 heterocycles. The van der Waals surface area contributed by atoms with E-state index in [4.69, 9.17) is 4.74 Å². The average Bonchev–Trinajstić information content (AvgIpc) is 3.10. The minimum atomic E-state index is -0.206. The number of aromatic amines is 1. The van der Waals surface area contributed by atoms with E-state index in [-0.39, 0.29) is 5.91 Å². The molecule has 1 aliphatic rings. The van der Waals surface area contributed by atoms with E-state index in [1.54, 1.807) is 6.21 Å². The van der Waals surface area contributed by atoms with Gasteiger partial charge in [0.1, 0.15) is 5.75 Å².